The van der Waals surface area contributed by atoms with Crippen LogP contribution in [0.5, 0.6) is 0 Å². The third-order valence-corrected chi connectivity index (χ3v) is 3.91. The van der Waals surface area contributed by atoms with Crippen LogP contribution < -0.4 is 5.32 Å². The lowest BCUT2D eigenvalue weighted by atomic mass is 10.1. The molecule has 0 radical (unpaired) electrons. The molecule has 24 heavy (non-hydrogen) atoms. The topological polar surface area (TPSA) is 72.7 Å². The number of carbonyl (C=O) groups is 1. The highest BCUT2D eigenvalue weighted by molar-refractivity contribution is 6.03. The standard InChI is InChI=1S/C18H15N5O/c1-23-17-14(11-20-23)8-7-13-10-19-18(22-16(13)17)21-15(24)9-12-5-3-2-4-6-12/h2-8,10-11H,9H2,1H3,(H,19,21,22,24). The van der Waals surface area contributed by atoms with Crippen LogP contribution in [-0.4, -0.2) is 25.7 Å². The molecule has 6 nitrogen and oxygen atoms in total. The fourth-order valence-corrected chi connectivity index (χ4v) is 2.76. The van der Waals surface area contributed by atoms with Gasteiger partial charge >= 0.3 is 0 Å². The lowest BCUT2D eigenvalue weighted by Crippen LogP contribution is -2.16. The summed E-state index contributed by atoms with van der Waals surface area (Å²) in [7, 11) is 1.87. The molecule has 118 valence electrons. The number of carbonyl (C=O) groups excluding carboxylic acids is 1. The molecule has 0 aliphatic carbocycles. The Hall–Kier alpha value is -3.28. The molecule has 0 saturated heterocycles. The normalized spacial score (nSPS) is 11.0. The zero-order valence-electron chi connectivity index (χ0n) is 13.1. The summed E-state index contributed by atoms with van der Waals surface area (Å²) >= 11 is 0. The van der Waals surface area contributed by atoms with Crippen LogP contribution in [0.25, 0.3) is 21.8 Å². The molecule has 2 aromatic heterocycles. The minimum Gasteiger partial charge on any atom is -0.294 e. The quantitative estimate of drug-likeness (QED) is 0.630. The van der Waals surface area contributed by atoms with Crippen molar-refractivity contribution in [3.8, 4) is 0 Å². The van der Waals surface area contributed by atoms with E-state index in [0.29, 0.717) is 5.95 Å². The van der Waals surface area contributed by atoms with Crippen molar-refractivity contribution < 1.29 is 4.79 Å². The van der Waals surface area contributed by atoms with Crippen molar-refractivity contribution in [1.82, 2.24) is 19.7 Å². The average molecular weight is 317 g/mol. The van der Waals surface area contributed by atoms with Crippen LogP contribution in [0.15, 0.2) is 54.9 Å². The molecule has 0 unspecified atom stereocenters. The summed E-state index contributed by atoms with van der Waals surface area (Å²) < 4.78 is 1.78. The molecule has 1 N–H and O–H groups in total. The van der Waals surface area contributed by atoms with E-state index in [0.717, 1.165) is 27.4 Å². The van der Waals surface area contributed by atoms with Crippen molar-refractivity contribution in [3.05, 3.63) is 60.4 Å². The minimum absolute atomic E-state index is 0.141. The Labute approximate surface area is 138 Å². The predicted octanol–water partition coefficient (Wildman–Crippen LogP) is 2.70. The fourth-order valence-electron chi connectivity index (χ4n) is 2.76. The third-order valence-electron chi connectivity index (χ3n) is 3.91. The van der Waals surface area contributed by atoms with Crippen LogP contribution in [-0.2, 0) is 18.3 Å². The molecule has 0 aliphatic heterocycles. The molecule has 1 amide bonds. The Balaban J connectivity index is 1.66. The molecular formula is C18H15N5O. The number of aromatic nitrogens is 4. The molecule has 0 saturated carbocycles. The molecule has 2 aromatic carbocycles. The average Bonchev–Trinajstić information content (AvgIpc) is 2.97. The van der Waals surface area contributed by atoms with E-state index in [4.69, 9.17) is 0 Å². The SMILES string of the molecule is Cn1ncc2ccc3cnc(NC(=O)Cc4ccccc4)nc3c21. The number of anilines is 1. The van der Waals surface area contributed by atoms with Gasteiger partial charge in [0.15, 0.2) is 0 Å². The van der Waals surface area contributed by atoms with Crippen LogP contribution >= 0.6 is 0 Å². The van der Waals surface area contributed by atoms with Crippen LogP contribution in [0, 0.1) is 0 Å². The van der Waals surface area contributed by atoms with Gasteiger partial charge in [0, 0.05) is 24.0 Å². The second kappa shape index (κ2) is 5.73. The van der Waals surface area contributed by atoms with Crippen LogP contribution in [0.3, 0.4) is 0 Å². The zero-order chi connectivity index (χ0) is 16.5. The van der Waals surface area contributed by atoms with E-state index in [9.17, 15) is 4.79 Å². The number of hydrogen-bond acceptors (Lipinski definition) is 4. The molecule has 4 rings (SSSR count). The summed E-state index contributed by atoms with van der Waals surface area (Å²) in [5.74, 6) is 0.162. The molecule has 4 aromatic rings. The number of nitrogens with one attached hydrogen (secondary N) is 1. The van der Waals surface area contributed by atoms with E-state index >= 15 is 0 Å². The number of fused-ring (bicyclic) bond motifs is 3. The smallest absolute Gasteiger partial charge is 0.231 e. The van der Waals surface area contributed by atoms with Gasteiger partial charge in [-0.2, -0.15) is 5.10 Å². The fraction of sp³-hybridized carbons (Fsp3) is 0.111. The Kier molecular flexibility index (Phi) is 3.42. The van der Waals surface area contributed by atoms with Crippen molar-refractivity contribution in [2.45, 2.75) is 6.42 Å². The van der Waals surface area contributed by atoms with Gasteiger partial charge < -0.3 is 0 Å². The van der Waals surface area contributed by atoms with E-state index in [1.807, 2.05) is 49.5 Å². The van der Waals surface area contributed by atoms with E-state index in [2.05, 4.69) is 20.4 Å². The van der Waals surface area contributed by atoms with Gasteiger partial charge in [-0.1, -0.05) is 42.5 Å². The number of hydrogen-bond donors (Lipinski definition) is 1. The molecule has 6 heteroatoms. The van der Waals surface area contributed by atoms with Gasteiger partial charge in [-0.3, -0.25) is 14.8 Å². The first-order chi connectivity index (χ1) is 11.7. The van der Waals surface area contributed by atoms with E-state index < -0.39 is 0 Å². The van der Waals surface area contributed by atoms with Crippen molar-refractivity contribution in [2.24, 2.45) is 7.05 Å². The van der Waals surface area contributed by atoms with Crippen molar-refractivity contribution in [2.75, 3.05) is 5.32 Å². The minimum atomic E-state index is -0.141. The highest BCUT2D eigenvalue weighted by atomic mass is 16.1. The molecule has 0 fully saturated rings. The number of benzene rings is 2. The maximum Gasteiger partial charge on any atom is 0.231 e. The predicted molar refractivity (Wildman–Crippen MR) is 92.6 cm³/mol. The molecule has 0 atom stereocenters. The summed E-state index contributed by atoms with van der Waals surface area (Å²) in [4.78, 5) is 20.9. The van der Waals surface area contributed by atoms with Crippen LogP contribution in [0.1, 0.15) is 5.56 Å². The Morgan fingerprint density at radius 2 is 1.88 bits per heavy atom. The molecule has 2 heterocycles. The van der Waals surface area contributed by atoms with Crippen molar-refractivity contribution in [1.29, 1.82) is 0 Å². The summed E-state index contributed by atoms with van der Waals surface area (Å²) in [5, 5.41) is 8.94. The van der Waals surface area contributed by atoms with Gasteiger partial charge in [-0.15, -0.1) is 0 Å². The van der Waals surface area contributed by atoms with Crippen LogP contribution in [0.4, 0.5) is 5.95 Å². The highest BCUT2D eigenvalue weighted by Gasteiger charge is 2.10. The van der Waals surface area contributed by atoms with Gasteiger partial charge in [-0.05, 0) is 5.56 Å². The monoisotopic (exact) mass is 317 g/mol. The second-order valence-electron chi connectivity index (χ2n) is 5.61. The van der Waals surface area contributed by atoms with E-state index in [-0.39, 0.29) is 12.3 Å². The van der Waals surface area contributed by atoms with Crippen LogP contribution in [0.2, 0.25) is 0 Å². The number of rotatable bonds is 3. The maximum atomic E-state index is 12.2. The molecule has 0 bridgehead atoms. The molecule has 0 spiro atoms. The highest BCUT2D eigenvalue weighted by Crippen LogP contribution is 2.23. The number of amides is 1. The van der Waals surface area contributed by atoms with Gasteiger partial charge in [0.25, 0.3) is 0 Å². The number of aryl methyl sites for hydroxylation is 1. The van der Waals surface area contributed by atoms with Gasteiger partial charge in [0.05, 0.1) is 18.1 Å². The maximum absolute atomic E-state index is 12.2. The van der Waals surface area contributed by atoms with E-state index in [1.54, 1.807) is 17.1 Å². The summed E-state index contributed by atoms with van der Waals surface area (Å²) in [6.07, 6.45) is 3.80. The third kappa shape index (κ3) is 2.58. The first-order valence-electron chi connectivity index (χ1n) is 7.62. The Bertz CT molecular complexity index is 1040. The largest absolute Gasteiger partial charge is 0.294 e. The zero-order valence-corrected chi connectivity index (χ0v) is 13.1. The van der Waals surface area contributed by atoms with E-state index in [1.165, 1.54) is 0 Å². The first kappa shape index (κ1) is 14.3. The first-order valence-corrected chi connectivity index (χ1v) is 7.62. The number of nitrogens with zero attached hydrogens (tertiary/aromatic N) is 4. The molecular weight excluding hydrogens is 302 g/mol. The Morgan fingerprint density at radius 1 is 1.08 bits per heavy atom. The summed E-state index contributed by atoms with van der Waals surface area (Å²) in [6.45, 7) is 0. The second-order valence-corrected chi connectivity index (χ2v) is 5.61. The summed E-state index contributed by atoms with van der Waals surface area (Å²) in [6, 6.07) is 13.5. The lowest BCUT2D eigenvalue weighted by molar-refractivity contribution is -0.115. The van der Waals surface area contributed by atoms with Crippen molar-refractivity contribution in [3.63, 3.8) is 0 Å². The summed E-state index contributed by atoms with van der Waals surface area (Å²) in [5.41, 5.74) is 2.65. The Morgan fingerprint density at radius 3 is 2.71 bits per heavy atom. The van der Waals surface area contributed by atoms with Gasteiger partial charge in [0.1, 0.15) is 5.52 Å². The van der Waals surface area contributed by atoms with Crippen molar-refractivity contribution >= 4 is 33.7 Å². The van der Waals surface area contributed by atoms with Gasteiger partial charge in [-0.25, -0.2) is 9.97 Å². The van der Waals surface area contributed by atoms with Gasteiger partial charge in [0.2, 0.25) is 11.9 Å². The molecule has 0 aliphatic rings. The lowest BCUT2D eigenvalue weighted by Gasteiger charge is -2.06.